The number of ether oxygens (including phenoxy) is 1. The zero-order valence-electron chi connectivity index (χ0n) is 33.0. The number of aliphatic carboxylic acids is 1. The second-order valence-electron chi connectivity index (χ2n) is 15.4. The Morgan fingerprint density at radius 3 is 2.18 bits per heavy atom. The first-order valence-corrected chi connectivity index (χ1v) is 20.4. The van der Waals surface area contributed by atoms with Crippen LogP contribution in [0.4, 0.5) is 0 Å². The van der Waals surface area contributed by atoms with Crippen molar-refractivity contribution in [1.82, 2.24) is 25.6 Å². The molecule has 3 aromatic carbocycles. The Morgan fingerprint density at radius 2 is 1.49 bits per heavy atom. The number of thiophene rings is 1. The number of carbonyl (C=O) groups is 3. The number of aromatic nitrogens is 3. The van der Waals surface area contributed by atoms with E-state index in [1.165, 1.54) is 37.0 Å². The number of carboxylic acids is 1. The van der Waals surface area contributed by atoms with E-state index in [2.05, 4.69) is 53.3 Å². The number of hydrogen-bond acceptors (Lipinski definition) is 7. The Balaban J connectivity index is 1.13. The number of unbranched alkanes of at least 4 members (excludes halogenated alkanes) is 4. The minimum atomic E-state index is -1.22. The molecule has 11 heteroatoms. The van der Waals surface area contributed by atoms with Crippen molar-refractivity contribution in [2.24, 2.45) is 0 Å². The van der Waals surface area contributed by atoms with Crippen LogP contribution in [0, 0.1) is 0 Å². The lowest BCUT2D eigenvalue weighted by Gasteiger charge is -2.22. The molecule has 2 atom stereocenters. The van der Waals surface area contributed by atoms with Crippen molar-refractivity contribution in [3.05, 3.63) is 124 Å². The molecule has 3 aromatic heterocycles. The van der Waals surface area contributed by atoms with Crippen LogP contribution < -0.4 is 15.4 Å². The first kappa shape index (κ1) is 40.8. The molecule has 0 aliphatic rings. The van der Waals surface area contributed by atoms with Crippen molar-refractivity contribution in [1.29, 1.82) is 0 Å². The monoisotopic (exact) mass is 785 g/mol. The third kappa shape index (κ3) is 10.9. The number of carbonyl (C=O) groups excluding carboxylic acids is 2. The van der Waals surface area contributed by atoms with Crippen LogP contribution in [0.3, 0.4) is 0 Å². The molecule has 0 bridgehead atoms. The fraction of sp³-hybridized carbons (Fsp3) is 0.326. The number of benzene rings is 3. The van der Waals surface area contributed by atoms with Gasteiger partial charge in [0.1, 0.15) is 17.8 Å². The lowest BCUT2D eigenvalue weighted by molar-refractivity contribution is -0.142. The number of carboxylic acid groups (broad SMARTS) is 1. The Bertz CT molecular complexity index is 2260. The Labute approximate surface area is 338 Å². The molecule has 0 saturated carbocycles. The lowest BCUT2D eigenvalue weighted by atomic mass is 9.95. The average molecular weight is 786 g/mol. The van der Waals surface area contributed by atoms with Crippen LogP contribution >= 0.6 is 11.3 Å². The standard InChI is InChI=1S/C46H51N5O5S/c1-5-6-7-8-11-24-56-35-20-18-31(19-21-35)34-28-48-42(49-29-34)32-16-14-30(15-17-32)25-38(50-44(53)40-22-23-41(57-40)46(2,3)4)43(52)51-39(45(54)55)26-33-27-47-37-13-10-9-12-36(33)37/h9-10,12-23,27-29,38-39,47H,5-8,11,24-26H2,1-4H3,(H,50,53)(H,51,52)(H,54,55)/t38?,39-/m0/s1. The largest absolute Gasteiger partial charge is 0.494 e. The van der Waals surface area contributed by atoms with Crippen LogP contribution in [0.5, 0.6) is 5.75 Å². The number of hydrogen-bond donors (Lipinski definition) is 4. The third-order valence-corrected chi connectivity index (χ3v) is 11.4. The SMILES string of the molecule is CCCCCCCOc1ccc(-c2cnc(-c3ccc(CC(NC(=O)c4ccc(C(C)(C)C)s4)C(=O)N[C@@H](Cc4c[nH]c5ccccc45)C(=O)O)cc3)nc2)cc1. The molecule has 0 fully saturated rings. The maximum absolute atomic E-state index is 13.9. The zero-order chi connectivity index (χ0) is 40.4. The van der Waals surface area contributed by atoms with E-state index >= 15 is 0 Å². The molecule has 0 radical (unpaired) electrons. The van der Waals surface area contributed by atoms with Gasteiger partial charge in [-0.05, 0) is 58.9 Å². The first-order valence-electron chi connectivity index (χ1n) is 19.6. The predicted octanol–water partition coefficient (Wildman–Crippen LogP) is 9.15. The molecule has 0 aliphatic carbocycles. The molecule has 6 aromatic rings. The third-order valence-electron chi connectivity index (χ3n) is 9.91. The molecule has 296 valence electrons. The van der Waals surface area contributed by atoms with Gasteiger partial charge in [-0.3, -0.25) is 9.59 Å². The second-order valence-corrected chi connectivity index (χ2v) is 16.5. The van der Waals surface area contributed by atoms with Crippen molar-refractivity contribution in [3.8, 4) is 28.3 Å². The van der Waals surface area contributed by atoms with Gasteiger partial charge in [0.15, 0.2) is 5.82 Å². The molecule has 2 amide bonds. The Hall–Kier alpha value is -5.81. The van der Waals surface area contributed by atoms with E-state index in [0.29, 0.717) is 17.3 Å². The summed E-state index contributed by atoms with van der Waals surface area (Å²) in [6, 6.07) is 24.5. The van der Waals surface area contributed by atoms with Gasteiger partial charge in [-0.2, -0.15) is 0 Å². The molecule has 4 N–H and O–H groups in total. The van der Waals surface area contributed by atoms with Crippen LogP contribution in [0.25, 0.3) is 33.4 Å². The molecule has 10 nitrogen and oxygen atoms in total. The Morgan fingerprint density at radius 1 is 0.789 bits per heavy atom. The summed E-state index contributed by atoms with van der Waals surface area (Å²) in [5.74, 6) is -0.765. The van der Waals surface area contributed by atoms with Gasteiger partial charge in [0, 0.05) is 58.3 Å². The summed E-state index contributed by atoms with van der Waals surface area (Å²) in [4.78, 5) is 53.8. The van der Waals surface area contributed by atoms with E-state index in [-0.39, 0.29) is 18.3 Å². The fourth-order valence-electron chi connectivity index (χ4n) is 6.59. The van der Waals surface area contributed by atoms with Gasteiger partial charge in [0.2, 0.25) is 5.91 Å². The van der Waals surface area contributed by atoms with E-state index in [1.54, 1.807) is 24.7 Å². The number of fused-ring (bicyclic) bond motifs is 1. The number of nitrogens with zero attached hydrogens (tertiary/aromatic N) is 2. The lowest BCUT2D eigenvalue weighted by Crippen LogP contribution is -2.53. The highest BCUT2D eigenvalue weighted by Crippen LogP contribution is 2.30. The molecule has 1 unspecified atom stereocenters. The molecular formula is C46H51N5O5S. The quantitative estimate of drug-likeness (QED) is 0.0636. The van der Waals surface area contributed by atoms with Gasteiger partial charge in [-0.15, -0.1) is 11.3 Å². The van der Waals surface area contributed by atoms with Gasteiger partial charge < -0.3 is 25.5 Å². The zero-order valence-corrected chi connectivity index (χ0v) is 33.8. The highest BCUT2D eigenvalue weighted by atomic mass is 32.1. The van der Waals surface area contributed by atoms with E-state index in [4.69, 9.17) is 4.74 Å². The van der Waals surface area contributed by atoms with E-state index in [1.807, 2.05) is 78.9 Å². The summed E-state index contributed by atoms with van der Waals surface area (Å²) in [7, 11) is 0. The summed E-state index contributed by atoms with van der Waals surface area (Å²) in [6.07, 6.45) is 11.5. The van der Waals surface area contributed by atoms with Crippen molar-refractivity contribution in [3.63, 3.8) is 0 Å². The number of amides is 2. The molecule has 0 spiro atoms. The van der Waals surface area contributed by atoms with Crippen molar-refractivity contribution in [2.45, 2.75) is 90.1 Å². The maximum Gasteiger partial charge on any atom is 0.326 e. The molecule has 0 saturated heterocycles. The summed E-state index contributed by atoms with van der Waals surface area (Å²) in [6.45, 7) is 9.15. The fourth-order valence-corrected chi connectivity index (χ4v) is 7.55. The van der Waals surface area contributed by atoms with Crippen LogP contribution in [0.15, 0.2) is 104 Å². The first-order chi connectivity index (χ1) is 27.5. The number of nitrogens with one attached hydrogen (secondary N) is 3. The second kappa shape index (κ2) is 18.9. The van der Waals surface area contributed by atoms with Crippen LogP contribution in [0.1, 0.15) is 85.5 Å². The number of H-pyrrole nitrogens is 1. The van der Waals surface area contributed by atoms with Gasteiger partial charge >= 0.3 is 5.97 Å². The van der Waals surface area contributed by atoms with Crippen LogP contribution in [0.2, 0.25) is 0 Å². The van der Waals surface area contributed by atoms with Gasteiger partial charge in [0.25, 0.3) is 5.91 Å². The number of rotatable bonds is 18. The minimum absolute atomic E-state index is 0.0675. The Kier molecular flexibility index (Phi) is 13.5. The molecule has 57 heavy (non-hydrogen) atoms. The van der Waals surface area contributed by atoms with Crippen molar-refractivity contribution >= 4 is 40.0 Å². The van der Waals surface area contributed by atoms with E-state index in [0.717, 1.165) is 55.8 Å². The highest BCUT2D eigenvalue weighted by molar-refractivity contribution is 7.14. The molecule has 6 rings (SSSR count). The molecule has 0 aliphatic heterocycles. The van der Waals surface area contributed by atoms with Crippen LogP contribution in [-0.4, -0.2) is 56.5 Å². The topological polar surface area (TPSA) is 146 Å². The molecular weight excluding hydrogens is 735 g/mol. The van der Waals surface area contributed by atoms with Gasteiger partial charge in [-0.1, -0.05) is 108 Å². The van der Waals surface area contributed by atoms with E-state index < -0.39 is 29.9 Å². The van der Waals surface area contributed by atoms with Crippen molar-refractivity contribution < 1.29 is 24.2 Å². The van der Waals surface area contributed by atoms with Crippen LogP contribution in [-0.2, 0) is 27.8 Å². The normalized spacial score (nSPS) is 12.6. The molecule has 3 heterocycles. The highest BCUT2D eigenvalue weighted by Gasteiger charge is 2.29. The smallest absolute Gasteiger partial charge is 0.326 e. The summed E-state index contributed by atoms with van der Waals surface area (Å²) in [5.41, 5.74) is 4.93. The summed E-state index contributed by atoms with van der Waals surface area (Å²) < 4.78 is 5.91. The summed E-state index contributed by atoms with van der Waals surface area (Å²) in [5, 5.41) is 16.7. The summed E-state index contributed by atoms with van der Waals surface area (Å²) >= 11 is 1.37. The van der Waals surface area contributed by atoms with Gasteiger partial charge in [-0.25, -0.2) is 14.8 Å². The average Bonchev–Trinajstić information content (AvgIpc) is 3.88. The van der Waals surface area contributed by atoms with Crippen molar-refractivity contribution in [2.75, 3.05) is 6.61 Å². The predicted molar refractivity (Wildman–Crippen MR) is 227 cm³/mol. The number of aromatic amines is 1. The van der Waals surface area contributed by atoms with Gasteiger partial charge in [0.05, 0.1) is 11.5 Å². The van der Waals surface area contributed by atoms with E-state index in [9.17, 15) is 19.5 Å². The minimum Gasteiger partial charge on any atom is -0.494 e. The maximum atomic E-state index is 13.9. The number of para-hydroxylation sites is 1.